The third kappa shape index (κ3) is 2.31. The van der Waals surface area contributed by atoms with Crippen molar-refractivity contribution in [2.75, 3.05) is 6.61 Å². The molecule has 1 aliphatic heterocycles. The molecule has 11 heteroatoms. The van der Waals surface area contributed by atoms with Crippen LogP contribution in [0.15, 0.2) is 0 Å². The summed E-state index contributed by atoms with van der Waals surface area (Å²) < 4.78 is 5.60. The lowest BCUT2D eigenvalue weighted by Gasteiger charge is -2.18. The van der Waals surface area contributed by atoms with Crippen LogP contribution < -0.4 is 5.73 Å². The molecule has 1 amide bonds. The van der Waals surface area contributed by atoms with Gasteiger partial charge < -0.3 is 36.0 Å². The fourth-order valence-electron chi connectivity index (χ4n) is 2.07. The number of hydrogen-bond donors (Lipinski definition) is 6. The summed E-state index contributed by atoms with van der Waals surface area (Å²) in [5.41, 5.74) is 4.23. The molecule has 0 radical (unpaired) electrons. The van der Waals surface area contributed by atoms with Crippen LogP contribution >= 0.6 is 0 Å². The monoisotopic (exact) mass is 303 g/mol. The Balaban J connectivity index is 2.53. The van der Waals surface area contributed by atoms with E-state index in [1.165, 1.54) is 0 Å². The Morgan fingerprint density at radius 1 is 1.33 bits per heavy atom. The molecule has 1 saturated heterocycles. The van der Waals surface area contributed by atoms with Gasteiger partial charge >= 0.3 is 5.97 Å². The van der Waals surface area contributed by atoms with Gasteiger partial charge in [0.1, 0.15) is 18.3 Å². The number of imidazole rings is 1. The Morgan fingerprint density at radius 3 is 2.38 bits per heavy atom. The Morgan fingerprint density at radius 2 is 1.95 bits per heavy atom. The lowest BCUT2D eigenvalue weighted by molar-refractivity contribution is -0.0565. The maximum Gasteiger partial charge on any atom is 0.372 e. The molecule has 2 heterocycles. The van der Waals surface area contributed by atoms with E-state index in [4.69, 9.17) is 20.7 Å². The smallest absolute Gasteiger partial charge is 0.372 e. The van der Waals surface area contributed by atoms with Gasteiger partial charge in [-0.2, -0.15) is 0 Å². The van der Waals surface area contributed by atoms with Crippen LogP contribution in [-0.4, -0.2) is 71.9 Å². The third-order valence-corrected chi connectivity index (χ3v) is 3.08. The van der Waals surface area contributed by atoms with Crippen molar-refractivity contribution in [1.29, 1.82) is 0 Å². The Bertz CT molecular complexity index is 585. The summed E-state index contributed by atoms with van der Waals surface area (Å²) in [7, 11) is 0. The van der Waals surface area contributed by atoms with E-state index in [0.29, 0.717) is 4.57 Å². The van der Waals surface area contributed by atoms with Gasteiger partial charge in [-0.05, 0) is 0 Å². The zero-order chi connectivity index (χ0) is 15.9. The number of aliphatic hydroxyl groups is 3. The highest BCUT2D eigenvalue weighted by Crippen LogP contribution is 2.34. The van der Waals surface area contributed by atoms with Gasteiger partial charge in [-0.3, -0.25) is 9.36 Å². The third-order valence-electron chi connectivity index (χ3n) is 3.08. The second kappa shape index (κ2) is 5.29. The van der Waals surface area contributed by atoms with E-state index in [9.17, 15) is 24.9 Å². The maximum absolute atomic E-state index is 11.1. The molecule has 0 unspecified atom stereocenters. The average molecular weight is 303 g/mol. The van der Waals surface area contributed by atoms with Crippen molar-refractivity contribution in [1.82, 2.24) is 9.55 Å². The molecular formula is C10H13N3O8. The minimum absolute atomic E-state index is 0.520. The predicted molar refractivity (Wildman–Crippen MR) is 62.4 cm³/mol. The molecule has 1 aromatic rings. The second-order valence-corrected chi connectivity index (χ2v) is 4.38. The lowest BCUT2D eigenvalue weighted by atomic mass is 10.1. The Hall–Kier alpha value is -2.21. The number of primary amides is 1. The highest BCUT2D eigenvalue weighted by atomic mass is 16.6. The first-order valence-electron chi connectivity index (χ1n) is 5.76. The van der Waals surface area contributed by atoms with Crippen LogP contribution in [0.5, 0.6) is 5.88 Å². The number of carboxylic acid groups (broad SMARTS) is 1. The number of rotatable bonds is 4. The molecule has 0 bridgehead atoms. The molecule has 11 nitrogen and oxygen atoms in total. The summed E-state index contributed by atoms with van der Waals surface area (Å²) in [4.78, 5) is 25.6. The van der Waals surface area contributed by atoms with Crippen molar-refractivity contribution in [2.45, 2.75) is 24.5 Å². The molecule has 2 rings (SSSR count). The number of aromatic nitrogens is 2. The molecule has 0 spiro atoms. The molecule has 0 saturated carbocycles. The van der Waals surface area contributed by atoms with Crippen molar-refractivity contribution in [3.8, 4) is 5.88 Å². The van der Waals surface area contributed by atoms with Crippen molar-refractivity contribution in [3.05, 3.63) is 11.5 Å². The zero-order valence-electron chi connectivity index (χ0n) is 10.4. The van der Waals surface area contributed by atoms with Gasteiger partial charge in [0, 0.05) is 0 Å². The summed E-state index contributed by atoms with van der Waals surface area (Å²) in [6.07, 6.45) is -5.91. The van der Waals surface area contributed by atoms with E-state index >= 15 is 0 Å². The second-order valence-electron chi connectivity index (χ2n) is 4.38. The molecule has 1 aromatic heterocycles. The van der Waals surface area contributed by atoms with Crippen molar-refractivity contribution < 1.29 is 39.9 Å². The first-order chi connectivity index (χ1) is 9.79. The lowest BCUT2D eigenvalue weighted by Crippen LogP contribution is -2.33. The van der Waals surface area contributed by atoms with Gasteiger partial charge in [-0.25, -0.2) is 9.78 Å². The van der Waals surface area contributed by atoms with Gasteiger partial charge in [-0.1, -0.05) is 0 Å². The summed E-state index contributed by atoms with van der Waals surface area (Å²) in [6, 6.07) is 0. The summed E-state index contributed by atoms with van der Waals surface area (Å²) in [6.45, 7) is -0.644. The summed E-state index contributed by atoms with van der Waals surface area (Å²) in [5.74, 6) is -4.53. The number of nitrogens with two attached hydrogens (primary N) is 1. The molecule has 1 aliphatic rings. The molecular weight excluding hydrogens is 290 g/mol. The SMILES string of the molecule is NC(=O)c1nc(C(=O)O)n([C@@H]2O[C@H](CO)[C@@H](O)[C@H]2O)c1O. The minimum atomic E-state index is -1.65. The van der Waals surface area contributed by atoms with Crippen molar-refractivity contribution in [2.24, 2.45) is 5.73 Å². The molecule has 0 aliphatic carbocycles. The van der Waals surface area contributed by atoms with Crippen LogP contribution in [0, 0.1) is 0 Å². The van der Waals surface area contributed by atoms with E-state index in [-0.39, 0.29) is 0 Å². The quantitative estimate of drug-likeness (QED) is 0.336. The van der Waals surface area contributed by atoms with Gasteiger partial charge in [0.2, 0.25) is 11.7 Å². The number of aromatic hydroxyl groups is 1. The van der Waals surface area contributed by atoms with Crippen LogP contribution in [0.3, 0.4) is 0 Å². The highest BCUT2D eigenvalue weighted by molar-refractivity contribution is 5.95. The Labute approximate surface area is 116 Å². The molecule has 0 aromatic carbocycles. The number of hydrogen-bond acceptors (Lipinski definition) is 8. The van der Waals surface area contributed by atoms with E-state index in [1.54, 1.807) is 0 Å². The van der Waals surface area contributed by atoms with E-state index in [0.717, 1.165) is 0 Å². The van der Waals surface area contributed by atoms with Crippen LogP contribution in [-0.2, 0) is 4.74 Å². The predicted octanol–water partition coefficient (Wildman–Crippen LogP) is -3.00. The highest BCUT2D eigenvalue weighted by Gasteiger charge is 2.46. The van der Waals surface area contributed by atoms with Crippen molar-refractivity contribution >= 4 is 11.9 Å². The summed E-state index contributed by atoms with van der Waals surface area (Å²) in [5, 5.41) is 47.3. The Kier molecular flexibility index (Phi) is 3.82. The maximum atomic E-state index is 11.1. The van der Waals surface area contributed by atoms with Crippen LogP contribution in [0.4, 0.5) is 0 Å². The summed E-state index contributed by atoms with van der Waals surface area (Å²) >= 11 is 0. The molecule has 1 fully saturated rings. The normalized spacial score (nSPS) is 28.7. The van der Waals surface area contributed by atoms with Gasteiger partial charge in [0.15, 0.2) is 11.9 Å². The fraction of sp³-hybridized carbons (Fsp3) is 0.500. The number of carbonyl (C=O) groups is 2. The standard InChI is InChI=1S/C10H13N3O8/c11-6(17)3-8(18)13(7(12-3)10(19)20)9-5(16)4(15)2(1-14)21-9/h2,4-5,9,14-16,18H,1H2,(H2,11,17)(H,19,20)/t2-,4-,5-,9-/m1/s1. The number of ether oxygens (including phenoxy) is 1. The van der Waals surface area contributed by atoms with Gasteiger partial charge in [0.05, 0.1) is 6.61 Å². The largest absolute Gasteiger partial charge is 0.493 e. The van der Waals surface area contributed by atoms with E-state index in [2.05, 4.69) is 4.98 Å². The van der Waals surface area contributed by atoms with Crippen LogP contribution in [0.25, 0.3) is 0 Å². The first kappa shape index (κ1) is 15.2. The van der Waals surface area contributed by atoms with E-state index in [1.807, 2.05) is 0 Å². The molecule has 7 N–H and O–H groups in total. The van der Waals surface area contributed by atoms with Gasteiger partial charge in [-0.15, -0.1) is 0 Å². The number of carbonyl (C=O) groups excluding carboxylic acids is 1. The van der Waals surface area contributed by atoms with E-state index < -0.39 is 60.4 Å². The van der Waals surface area contributed by atoms with Gasteiger partial charge in [0.25, 0.3) is 5.91 Å². The molecule has 116 valence electrons. The van der Waals surface area contributed by atoms with Crippen LogP contribution in [0.2, 0.25) is 0 Å². The molecule has 21 heavy (non-hydrogen) atoms. The number of nitrogens with zero attached hydrogens (tertiary/aromatic N) is 2. The fourth-order valence-corrected chi connectivity index (χ4v) is 2.07. The first-order valence-corrected chi connectivity index (χ1v) is 5.76. The number of amides is 1. The number of aromatic carboxylic acids is 1. The number of aliphatic hydroxyl groups excluding tert-OH is 3. The average Bonchev–Trinajstić information content (AvgIpc) is 2.89. The van der Waals surface area contributed by atoms with Crippen molar-refractivity contribution in [3.63, 3.8) is 0 Å². The zero-order valence-corrected chi connectivity index (χ0v) is 10.4. The van der Waals surface area contributed by atoms with Crippen LogP contribution in [0.1, 0.15) is 27.3 Å². The number of carboxylic acids is 1. The minimum Gasteiger partial charge on any atom is -0.493 e. The molecule has 4 atom stereocenters. The topological polar surface area (TPSA) is 188 Å².